The van der Waals surface area contributed by atoms with E-state index >= 15 is 0 Å². The van der Waals surface area contributed by atoms with Gasteiger partial charge in [0.15, 0.2) is 5.58 Å². The molecule has 0 fully saturated rings. The Kier molecular flexibility index (Phi) is 5.65. The summed E-state index contributed by atoms with van der Waals surface area (Å²) < 4.78 is 7.30. The topological polar surface area (TPSA) is 50.4 Å². The molecule has 4 nitrogen and oxygen atoms in total. The Morgan fingerprint density at radius 2 is 1.73 bits per heavy atom. The van der Waals surface area contributed by atoms with Gasteiger partial charge in [0.1, 0.15) is 5.76 Å². The predicted octanol–water partition coefficient (Wildman–Crippen LogP) is 8.24. The number of hydrogen-bond acceptors (Lipinski definition) is 5. The number of thiazole rings is 1. The van der Waals surface area contributed by atoms with Gasteiger partial charge in [-0.25, -0.2) is 4.98 Å². The zero-order chi connectivity index (χ0) is 23.2. The second-order valence-electron chi connectivity index (χ2n) is 8.80. The van der Waals surface area contributed by atoms with Crippen LogP contribution in [0.4, 0.5) is 5.13 Å². The van der Waals surface area contributed by atoms with Gasteiger partial charge < -0.3 is 4.42 Å². The van der Waals surface area contributed by atoms with Gasteiger partial charge in [-0.05, 0) is 35.2 Å². The van der Waals surface area contributed by atoms with E-state index in [2.05, 4.69) is 60.5 Å². The van der Waals surface area contributed by atoms with Crippen LogP contribution >= 0.6 is 34.5 Å². The van der Waals surface area contributed by atoms with E-state index in [1.807, 2.05) is 30.3 Å². The molecule has 2 aromatic heterocycles. The van der Waals surface area contributed by atoms with Crippen LogP contribution in [0.25, 0.3) is 32.5 Å². The lowest BCUT2D eigenvalue weighted by molar-refractivity contribution is 0.589. The van der Waals surface area contributed by atoms with Gasteiger partial charge in [-0.3, -0.25) is 5.43 Å². The number of hydrogen-bond donors (Lipinski definition) is 1. The molecular weight excluding hydrogens is 473 g/mol. The standard InChI is InChI=1S/C26H21Cl2N3OS/c1-26(2,3)16-10-8-15(9-11-16)22-14-21(18-12-17(27)13-19(28)24(18)32-22)30-31-25-29-20-6-4-5-7-23(20)33-25/h4-14H,1-3H3,(H,29,31). The van der Waals surface area contributed by atoms with E-state index in [0.717, 1.165) is 21.2 Å². The Labute approximate surface area is 205 Å². The van der Waals surface area contributed by atoms with Crippen LogP contribution < -0.4 is 10.8 Å². The fraction of sp³-hybridized carbons (Fsp3) is 0.154. The molecule has 0 saturated carbocycles. The van der Waals surface area contributed by atoms with Crippen molar-refractivity contribution < 1.29 is 4.42 Å². The molecular formula is C26H21Cl2N3OS. The molecule has 0 aliphatic carbocycles. The lowest BCUT2D eigenvalue weighted by Gasteiger charge is -2.19. The molecule has 0 radical (unpaired) electrons. The van der Waals surface area contributed by atoms with Crippen molar-refractivity contribution in [1.82, 2.24) is 4.98 Å². The van der Waals surface area contributed by atoms with E-state index < -0.39 is 0 Å². The number of nitrogens with one attached hydrogen (secondary N) is 1. The Morgan fingerprint density at radius 1 is 0.970 bits per heavy atom. The summed E-state index contributed by atoms with van der Waals surface area (Å²) in [5.41, 5.74) is 6.81. The number of anilines is 1. The molecule has 7 heteroatoms. The molecule has 0 saturated heterocycles. The van der Waals surface area contributed by atoms with Gasteiger partial charge in [-0.15, -0.1) is 0 Å². The number of nitrogens with zero attached hydrogens (tertiary/aromatic N) is 2. The van der Waals surface area contributed by atoms with Crippen LogP contribution in [0.3, 0.4) is 0 Å². The van der Waals surface area contributed by atoms with E-state index in [1.165, 1.54) is 5.56 Å². The average molecular weight is 494 g/mol. The predicted molar refractivity (Wildman–Crippen MR) is 139 cm³/mol. The number of aromatic nitrogens is 1. The highest BCUT2D eigenvalue weighted by Crippen LogP contribution is 2.31. The van der Waals surface area contributed by atoms with E-state index in [1.54, 1.807) is 23.5 Å². The van der Waals surface area contributed by atoms with Gasteiger partial charge in [0, 0.05) is 22.0 Å². The monoisotopic (exact) mass is 493 g/mol. The fourth-order valence-corrected chi connectivity index (χ4v) is 4.93. The molecule has 0 amide bonds. The maximum absolute atomic E-state index is 6.50. The first kappa shape index (κ1) is 22.0. The molecule has 0 atom stereocenters. The zero-order valence-electron chi connectivity index (χ0n) is 18.3. The average Bonchev–Trinajstić information content (AvgIpc) is 3.20. The van der Waals surface area contributed by atoms with Gasteiger partial charge >= 0.3 is 0 Å². The molecule has 0 aliphatic rings. The molecule has 5 rings (SSSR count). The summed E-state index contributed by atoms with van der Waals surface area (Å²) in [5, 5.41) is 7.68. The normalized spacial score (nSPS) is 12.6. The molecule has 5 aromatic rings. The summed E-state index contributed by atoms with van der Waals surface area (Å²) in [6.07, 6.45) is 0. The fourth-order valence-electron chi connectivity index (χ4n) is 3.59. The number of para-hydroxylation sites is 1. The Morgan fingerprint density at radius 3 is 2.45 bits per heavy atom. The van der Waals surface area contributed by atoms with E-state index in [-0.39, 0.29) is 5.41 Å². The quantitative estimate of drug-likeness (QED) is 0.257. The number of benzene rings is 3. The van der Waals surface area contributed by atoms with Crippen LogP contribution in [0.5, 0.6) is 0 Å². The first-order valence-electron chi connectivity index (χ1n) is 10.5. The summed E-state index contributed by atoms with van der Waals surface area (Å²) in [6, 6.07) is 21.7. The van der Waals surface area contributed by atoms with Crippen molar-refractivity contribution in [2.45, 2.75) is 26.2 Å². The maximum Gasteiger partial charge on any atom is 0.204 e. The molecule has 0 spiro atoms. The zero-order valence-corrected chi connectivity index (χ0v) is 20.6. The molecule has 33 heavy (non-hydrogen) atoms. The minimum absolute atomic E-state index is 0.0702. The Hall–Kier alpha value is -2.86. The molecule has 166 valence electrons. The minimum Gasteiger partial charge on any atom is -0.454 e. The first-order chi connectivity index (χ1) is 15.8. The van der Waals surface area contributed by atoms with Crippen LogP contribution in [0.2, 0.25) is 10.0 Å². The van der Waals surface area contributed by atoms with Gasteiger partial charge in [-0.2, -0.15) is 5.10 Å². The van der Waals surface area contributed by atoms with Crippen LogP contribution in [0.1, 0.15) is 26.3 Å². The van der Waals surface area contributed by atoms with Gasteiger partial charge in [0.25, 0.3) is 0 Å². The minimum atomic E-state index is 0.0702. The second-order valence-corrected chi connectivity index (χ2v) is 10.7. The van der Waals surface area contributed by atoms with Crippen molar-refractivity contribution >= 4 is 60.9 Å². The van der Waals surface area contributed by atoms with Crippen molar-refractivity contribution in [3.05, 3.63) is 87.7 Å². The van der Waals surface area contributed by atoms with Crippen LogP contribution in [0, 0.1) is 0 Å². The molecule has 0 unspecified atom stereocenters. The summed E-state index contributed by atoms with van der Waals surface area (Å²) >= 11 is 14.3. The highest BCUT2D eigenvalue weighted by molar-refractivity contribution is 7.22. The van der Waals surface area contributed by atoms with Crippen LogP contribution in [-0.2, 0) is 5.41 Å². The summed E-state index contributed by atoms with van der Waals surface area (Å²) in [4.78, 5) is 4.59. The Bertz CT molecular complexity index is 1510. The van der Waals surface area contributed by atoms with Gasteiger partial charge in [0.2, 0.25) is 5.13 Å². The Balaban J connectivity index is 1.64. The maximum atomic E-state index is 6.50. The number of halogens is 2. The van der Waals surface area contributed by atoms with Crippen molar-refractivity contribution in [2.75, 3.05) is 5.43 Å². The molecule has 0 aliphatic heterocycles. The van der Waals surface area contributed by atoms with E-state index in [4.69, 9.17) is 27.6 Å². The van der Waals surface area contributed by atoms with Gasteiger partial charge in [-0.1, -0.05) is 91.7 Å². The van der Waals surface area contributed by atoms with E-state index in [0.29, 0.717) is 31.9 Å². The molecule has 0 bridgehead atoms. The summed E-state index contributed by atoms with van der Waals surface area (Å²) in [7, 11) is 0. The SMILES string of the molecule is CC(C)(C)c1ccc(-c2cc(=NNc3nc4ccccc4s3)c3cc(Cl)cc(Cl)c3o2)cc1. The largest absolute Gasteiger partial charge is 0.454 e. The molecule has 3 aromatic carbocycles. The number of fused-ring (bicyclic) bond motifs is 2. The lowest BCUT2D eigenvalue weighted by Crippen LogP contribution is -2.10. The van der Waals surface area contributed by atoms with Crippen molar-refractivity contribution in [3.8, 4) is 11.3 Å². The van der Waals surface area contributed by atoms with Crippen molar-refractivity contribution in [3.63, 3.8) is 0 Å². The first-order valence-corrected chi connectivity index (χ1v) is 12.0. The third-order valence-electron chi connectivity index (χ3n) is 5.37. The third-order valence-corrected chi connectivity index (χ3v) is 6.81. The third kappa shape index (κ3) is 4.49. The lowest BCUT2D eigenvalue weighted by atomic mass is 9.86. The van der Waals surface area contributed by atoms with Crippen LogP contribution in [-0.4, -0.2) is 4.98 Å². The highest BCUT2D eigenvalue weighted by Gasteiger charge is 2.15. The van der Waals surface area contributed by atoms with E-state index in [9.17, 15) is 0 Å². The smallest absolute Gasteiger partial charge is 0.204 e. The molecule has 1 N–H and O–H groups in total. The van der Waals surface area contributed by atoms with Crippen LogP contribution in [0.15, 0.2) is 76.2 Å². The van der Waals surface area contributed by atoms with Gasteiger partial charge in [0.05, 0.1) is 20.6 Å². The molecule has 2 heterocycles. The highest BCUT2D eigenvalue weighted by atomic mass is 35.5. The second kappa shape index (κ2) is 8.49. The van der Waals surface area contributed by atoms with Crippen molar-refractivity contribution in [1.29, 1.82) is 0 Å². The van der Waals surface area contributed by atoms with Crippen molar-refractivity contribution in [2.24, 2.45) is 5.10 Å². The summed E-state index contributed by atoms with van der Waals surface area (Å²) in [6.45, 7) is 6.57. The summed E-state index contributed by atoms with van der Waals surface area (Å²) in [5.74, 6) is 0.664. The number of rotatable bonds is 3.